The molecule has 0 aliphatic heterocycles. The molecule has 4 heteroatoms. The average molecular weight is 236 g/mol. The molecule has 1 amide bonds. The number of hydrogen-bond acceptors (Lipinski definition) is 2. The van der Waals surface area contributed by atoms with Crippen molar-refractivity contribution in [3.05, 3.63) is 30.1 Å². The molecule has 2 atom stereocenters. The van der Waals surface area contributed by atoms with Gasteiger partial charge in [-0.3, -0.25) is 4.79 Å². The SMILES string of the molecule is N[C@@H]1CCC[C@H]1CC(=O)Nc1cccc(F)c1. The van der Waals surface area contributed by atoms with E-state index in [2.05, 4.69) is 5.32 Å². The molecule has 0 radical (unpaired) electrons. The van der Waals surface area contributed by atoms with E-state index in [0.717, 1.165) is 19.3 Å². The van der Waals surface area contributed by atoms with Gasteiger partial charge >= 0.3 is 0 Å². The molecule has 17 heavy (non-hydrogen) atoms. The van der Waals surface area contributed by atoms with Crippen LogP contribution in [0.1, 0.15) is 25.7 Å². The van der Waals surface area contributed by atoms with Crippen molar-refractivity contribution in [2.45, 2.75) is 31.7 Å². The minimum atomic E-state index is -0.347. The van der Waals surface area contributed by atoms with Crippen LogP contribution < -0.4 is 11.1 Å². The fourth-order valence-corrected chi connectivity index (χ4v) is 2.34. The highest BCUT2D eigenvalue weighted by Gasteiger charge is 2.25. The fraction of sp³-hybridized carbons (Fsp3) is 0.462. The van der Waals surface area contributed by atoms with Crippen molar-refractivity contribution in [2.75, 3.05) is 5.32 Å². The molecule has 2 rings (SSSR count). The number of amides is 1. The summed E-state index contributed by atoms with van der Waals surface area (Å²) in [6, 6.07) is 6.05. The van der Waals surface area contributed by atoms with Crippen LogP contribution >= 0.6 is 0 Å². The zero-order valence-corrected chi connectivity index (χ0v) is 9.66. The van der Waals surface area contributed by atoms with Gasteiger partial charge in [0.2, 0.25) is 5.91 Å². The summed E-state index contributed by atoms with van der Waals surface area (Å²) in [5, 5.41) is 2.70. The predicted molar refractivity (Wildman–Crippen MR) is 65.0 cm³/mol. The molecule has 0 bridgehead atoms. The van der Waals surface area contributed by atoms with Crippen molar-refractivity contribution in [1.29, 1.82) is 0 Å². The van der Waals surface area contributed by atoms with Gasteiger partial charge in [0.15, 0.2) is 0 Å². The zero-order valence-electron chi connectivity index (χ0n) is 9.66. The van der Waals surface area contributed by atoms with Gasteiger partial charge in [0, 0.05) is 18.2 Å². The van der Waals surface area contributed by atoms with Gasteiger partial charge in [-0.2, -0.15) is 0 Å². The third-order valence-electron chi connectivity index (χ3n) is 3.27. The maximum Gasteiger partial charge on any atom is 0.224 e. The van der Waals surface area contributed by atoms with Crippen LogP contribution in [0.4, 0.5) is 10.1 Å². The van der Waals surface area contributed by atoms with E-state index in [4.69, 9.17) is 5.73 Å². The summed E-state index contributed by atoms with van der Waals surface area (Å²) in [5.74, 6) is -0.165. The monoisotopic (exact) mass is 236 g/mol. The lowest BCUT2D eigenvalue weighted by molar-refractivity contribution is -0.117. The molecule has 1 saturated carbocycles. The van der Waals surface area contributed by atoms with Crippen molar-refractivity contribution in [1.82, 2.24) is 0 Å². The fourth-order valence-electron chi connectivity index (χ4n) is 2.34. The van der Waals surface area contributed by atoms with E-state index < -0.39 is 0 Å². The number of halogens is 1. The van der Waals surface area contributed by atoms with Gasteiger partial charge in [-0.05, 0) is 37.0 Å². The van der Waals surface area contributed by atoms with E-state index in [1.54, 1.807) is 12.1 Å². The van der Waals surface area contributed by atoms with E-state index in [0.29, 0.717) is 12.1 Å². The van der Waals surface area contributed by atoms with Crippen LogP contribution in [0.5, 0.6) is 0 Å². The topological polar surface area (TPSA) is 55.1 Å². The van der Waals surface area contributed by atoms with Crippen LogP contribution in [0.2, 0.25) is 0 Å². The van der Waals surface area contributed by atoms with E-state index in [-0.39, 0.29) is 23.7 Å². The van der Waals surface area contributed by atoms with Gasteiger partial charge in [-0.15, -0.1) is 0 Å². The van der Waals surface area contributed by atoms with E-state index in [1.807, 2.05) is 0 Å². The van der Waals surface area contributed by atoms with Crippen molar-refractivity contribution < 1.29 is 9.18 Å². The van der Waals surface area contributed by atoms with Gasteiger partial charge in [0.05, 0.1) is 0 Å². The first-order valence-electron chi connectivity index (χ1n) is 5.96. The highest BCUT2D eigenvalue weighted by Crippen LogP contribution is 2.27. The van der Waals surface area contributed by atoms with Crippen LogP contribution in [0.3, 0.4) is 0 Å². The maximum atomic E-state index is 12.9. The minimum absolute atomic E-state index is 0.0852. The zero-order chi connectivity index (χ0) is 12.3. The standard InChI is InChI=1S/C13H17FN2O/c14-10-4-2-5-11(8-10)16-13(17)7-9-3-1-6-12(9)15/h2,4-5,8-9,12H,1,3,6-7,15H2,(H,16,17)/t9-,12+/m0/s1. The molecule has 92 valence electrons. The van der Waals surface area contributed by atoms with E-state index in [9.17, 15) is 9.18 Å². The molecule has 1 fully saturated rings. The van der Waals surface area contributed by atoms with E-state index in [1.165, 1.54) is 12.1 Å². The van der Waals surface area contributed by atoms with Crippen molar-refractivity contribution >= 4 is 11.6 Å². The van der Waals surface area contributed by atoms with Crippen molar-refractivity contribution in [3.63, 3.8) is 0 Å². The van der Waals surface area contributed by atoms with Gasteiger partial charge in [-0.25, -0.2) is 4.39 Å². The Kier molecular flexibility index (Phi) is 3.74. The number of hydrogen-bond donors (Lipinski definition) is 2. The Morgan fingerprint density at radius 3 is 2.94 bits per heavy atom. The first-order valence-corrected chi connectivity index (χ1v) is 5.96. The Morgan fingerprint density at radius 2 is 2.29 bits per heavy atom. The van der Waals surface area contributed by atoms with Crippen LogP contribution in [0.25, 0.3) is 0 Å². The smallest absolute Gasteiger partial charge is 0.224 e. The number of benzene rings is 1. The lowest BCUT2D eigenvalue weighted by Crippen LogP contribution is -2.28. The molecule has 1 aliphatic rings. The number of nitrogens with one attached hydrogen (secondary N) is 1. The summed E-state index contributed by atoms with van der Waals surface area (Å²) in [6.45, 7) is 0. The number of carbonyl (C=O) groups excluding carboxylic acids is 1. The van der Waals surface area contributed by atoms with Crippen LogP contribution in [0.15, 0.2) is 24.3 Å². The molecule has 3 N–H and O–H groups in total. The summed E-state index contributed by atoms with van der Waals surface area (Å²) in [6.07, 6.45) is 3.53. The van der Waals surface area contributed by atoms with Gasteiger partial charge in [-0.1, -0.05) is 12.5 Å². The molecular weight excluding hydrogens is 219 g/mol. The summed E-state index contributed by atoms with van der Waals surface area (Å²) < 4.78 is 12.9. The molecule has 1 aromatic rings. The number of carbonyl (C=O) groups is 1. The molecule has 0 aromatic heterocycles. The van der Waals surface area contributed by atoms with Crippen LogP contribution in [0, 0.1) is 11.7 Å². The van der Waals surface area contributed by atoms with E-state index >= 15 is 0 Å². The highest BCUT2D eigenvalue weighted by atomic mass is 19.1. The first-order chi connectivity index (χ1) is 8.15. The third kappa shape index (κ3) is 3.27. The van der Waals surface area contributed by atoms with Crippen molar-refractivity contribution in [2.24, 2.45) is 11.7 Å². The Hall–Kier alpha value is -1.42. The largest absolute Gasteiger partial charge is 0.327 e. The normalized spacial score (nSPS) is 23.6. The second-order valence-corrected chi connectivity index (χ2v) is 4.62. The van der Waals surface area contributed by atoms with Gasteiger partial charge < -0.3 is 11.1 Å². The Balaban J connectivity index is 1.89. The number of anilines is 1. The summed E-state index contributed by atoms with van der Waals surface area (Å²) in [5.41, 5.74) is 6.41. The number of rotatable bonds is 3. The average Bonchev–Trinajstić information content (AvgIpc) is 2.64. The maximum absolute atomic E-state index is 12.9. The Morgan fingerprint density at radius 1 is 1.47 bits per heavy atom. The van der Waals surface area contributed by atoms with Crippen molar-refractivity contribution in [3.8, 4) is 0 Å². The minimum Gasteiger partial charge on any atom is -0.327 e. The summed E-state index contributed by atoms with van der Waals surface area (Å²) in [7, 11) is 0. The van der Waals surface area contributed by atoms with Crippen LogP contribution in [-0.2, 0) is 4.79 Å². The highest BCUT2D eigenvalue weighted by molar-refractivity contribution is 5.90. The second kappa shape index (κ2) is 5.27. The molecule has 0 spiro atoms. The third-order valence-corrected chi connectivity index (χ3v) is 3.27. The number of nitrogens with two attached hydrogens (primary N) is 1. The Bertz CT molecular complexity index is 408. The quantitative estimate of drug-likeness (QED) is 0.846. The summed E-state index contributed by atoms with van der Waals surface area (Å²) >= 11 is 0. The molecule has 0 unspecified atom stereocenters. The predicted octanol–water partition coefficient (Wildman–Crippen LogP) is 2.28. The second-order valence-electron chi connectivity index (χ2n) is 4.62. The Labute approximate surface area is 100 Å². The van der Waals surface area contributed by atoms with Crippen LogP contribution in [-0.4, -0.2) is 11.9 Å². The lowest BCUT2D eigenvalue weighted by atomic mass is 10.00. The van der Waals surface area contributed by atoms with Gasteiger partial charge in [0.25, 0.3) is 0 Å². The van der Waals surface area contributed by atoms with Gasteiger partial charge in [0.1, 0.15) is 5.82 Å². The molecule has 0 saturated heterocycles. The summed E-state index contributed by atoms with van der Waals surface area (Å²) in [4.78, 5) is 11.7. The lowest BCUT2D eigenvalue weighted by Gasteiger charge is -2.14. The molecular formula is C13H17FN2O. The molecule has 0 heterocycles. The molecule has 1 aliphatic carbocycles. The molecule has 1 aromatic carbocycles. The molecule has 3 nitrogen and oxygen atoms in total. The first kappa shape index (κ1) is 12.0.